The SMILES string of the molecule is CC(=O)Cc1cc2c(Nc3ccc(OCc4cccc(F)c4)c(Cl)c3)c(C#N)cnc2cc1OC[C@H]1COC(C)(C)O1. The van der Waals surface area contributed by atoms with Crippen LogP contribution in [0.1, 0.15) is 37.5 Å². The molecule has 5 rings (SSSR count). The number of nitrogens with one attached hydrogen (secondary N) is 1. The number of nitrogens with zero attached hydrogens (tertiary/aromatic N) is 2. The molecule has 216 valence electrons. The maximum Gasteiger partial charge on any atom is 0.163 e. The molecule has 3 aromatic carbocycles. The van der Waals surface area contributed by atoms with Crippen molar-refractivity contribution in [2.75, 3.05) is 18.5 Å². The molecule has 0 unspecified atom stereocenters. The van der Waals surface area contributed by atoms with E-state index >= 15 is 0 Å². The number of ketones is 1. The molecular weight excluding hydrogens is 561 g/mol. The normalized spacial score (nSPS) is 15.8. The van der Waals surface area contributed by atoms with Crippen LogP contribution in [0.3, 0.4) is 0 Å². The van der Waals surface area contributed by atoms with E-state index in [0.717, 1.165) is 0 Å². The van der Waals surface area contributed by atoms with Crippen molar-refractivity contribution in [1.29, 1.82) is 5.26 Å². The lowest BCUT2D eigenvalue weighted by Gasteiger charge is -2.19. The van der Waals surface area contributed by atoms with Gasteiger partial charge < -0.3 is 24.3 Å². The second-order valence-corrected chi connectivity index (χ2v) is 10.9. The molecule has 0 radical (unpaired) electrons. The number of benzene rings is 3. The van der Waals surface area contributed by atoms with Crippen LogP contribution in [0.2, 0.25) is 5.02 Å². The third kappa shape index (κ3) is 6.97. The molecule has 42 heavy (non-hydrogen) atoms. The average molecular weight is 590 g/mol. The first kappa shape index (κ1) is 29.3. The van der Waals surface area contributed by atoms with Crippen molar-refractivity contribution in [2.45, 2.75) is 45.7 Å². The van der Waals surface area contributed by atoms with E-state index in [9.17, 15) is 14.4 Å². The quantitative estimate of drug-likeness (QED) is 0.213. The second-order valence-electron chi connectivity index (χ2n) is 10.5. The molecule has 1 aliphatic heterocycles. The highest BCUT2D eigenvalue weighted by Crippen LogP contribution is 2.36. The first-order valence-corrected chi connectivity index (χ1v) is 13.7. The number of aromatic nitrogens is 1. The van der Waals surface area contributed by atoms with Crippen molar-refractivity contribution >= 4 is 39.7 Å². The van der Waals surface area contributed by atoms with Gasteiger partial charge in [0.25, 0.3) is 0 Å². The molecule has 0 spiro atoms. The molecule has 1 fully saturated rings. The van der Waals surface area contributed by atoms with Gasteiger partial charge in [0.1, 0.15) is 48.5 Å². The van der Waals surface area contributed by atoms with Crippen LogP contribution in [0.25, 0.3) is 10.9 Å². The highest BCUT2D eigenvalue weighted by molar-refractivity contribution is 6.32. The van der Waals surface area contributed by atoms with Gasteiger partial charge >= 0.3 is 0 Å². The van der Waals surface area contributed by atoms with Crippen LogP contribution in [0.15, 0.2) is 60.8 Å². The summed E-state index contributed by atoms with van der Waals surface area (Å²) in [5, 5.41) is 14.1. The molecule has 10 heteroatoms. The summed E-state index contributed by atoms with van der Waals surface area (Å²) in [6.07, 6.45) is 1.36. The molecule has 0 amide bonds. The summed E-state index contributed by atoms with van der Waals surface area (Å²) >= 11 is 6.50. The number of carbonyl (C=O) groups is 1. The van der Waals surface area contributed by atoms with Gasteiger partial charge in [0.2, 0.25) is 0 Å². The van der Waals surface area contributed by atoms with Crippen molar-refractivity contribution in [1.82, 2.24) is 4.98 Å². The Balaban J connectivity index is 1.41. The Morgan fingerprint density at radius 1 is 1.19 bits per heavy atom. The monoisotopic (exact) mass is 589 g/mol. The molecular formula is C32H29ClFN3O5. The maximum atomic E-state index is 13.5. The molecule has 8 nitrogen and oxygen atoms in total. The number of hydrogen-bond acceptors (Lipinski definition) is 8. The molecule has 1 aromatic heterocycles. The van der Waals surface area contributed by atoms with Gasteiger partial charge in [-0.2, -0.15) is 5.26 Å². The van der Waals surface area contributed by atoms with Crippen LogP contribution in [0, 0.1) is 17.1 Å². The van der Waals surface area contributed by atoms with E-state index < -0.39 is 5.79 Å². The Morgan fingerprint density at radius 2 is 2.02 bits per heavy atom. The fourth-order valence-corrected chi connectivity index (χ4v) is 4.92. The maximum absolute atomic E-state index is 13.5. The van der Waals surface area contributed by atoms with E-state index in [2.05, 4.69) is 16.4 Å². The summed E-state index contributed by atoms with van der Waals surface area (Å²) in [6.45, 7) is 5.99. The number of nitriles is 1. The van der Waals surface area contributed by atoms with Gasteiger partial charge in [-0.25, -0.2) is 4.39 Å². The first-order chi connectivity index (χ1) is 20.1. The van der Waals surface area contributed by atoms with Crippen molar-refractivity contribution in [3.05, 3.63) is 88.3 Å². The lowest BCUT2D eigenvalue weighted by Crippen LogP contribution is -2.25. The molecule has 0 aliphatic carbocycles. The fraction of sp³-hybridized carbons (Fsp3) is 0.281. The van der Waals surface area contributed by atoms with Crippen LogP contribution in [-0.4, -0.2) is 35.9 Å². The van der Waals surface area contributed by atoms with E-state index in [1.807, 2.05) is 19.9 Å². The molecule has 0 saturated carbocycles. The zero-order chi connectivity index (χ0) is 29.9. The van der Waals surface area contributed by atoms with Crippen LogP contribution in [0.5, 0.6) is 11.5 Å². The van der Waals surface area contributed by atoms with Crippen molar-refractivity contribution in [3.8, 4) is 17.6 Å². The largest absolute Gasteiger partial charge is 0.490 e. The minimum Gasteiger partial charge on any atom is -0.490 e. The molecule has 1 N–H and O–H groups in total. The fourth-order valence-electron chi connectivity index (χ4n) is 4.68. The van der Waals surface area contributed by atoms with Gasteiger partial charge in [0, 0.05) is 35.3 Å². The summed E-state index contributed by atoms with van der Waals surface area (Å²) in [5.41, 5.74) is 3.34. The summed E-state index contributed by atoms with van der Waals surface area (Å²) in [4.78, 5) is 16.6. The zero-order valence-corrected chi connectivity index (χ0v) is 24.1. The van der Waals surface area contributed by atoms with Crippen LogP contribution < -0.4 is 14.8 Å². The number of rotatable bonds is 10. The van der Waals surface area contributed by atoms with Gasteiger partial charge in [-0.1, -0.05) is 23.7 Å². The Hall–Kier alpha value is -4.23. The summed E-state index contributed by atoms with van der Waals surface area (Å²) in [5.74, 6) is -0.120. The topological polar surface area (TPSA) is 103 Å². The standard InChI is InChI=1S/C32H29ClFN3O5/c1-19(38)9-21-11-26-28(13-30(21)40-17-25-18-41-32(2,3)42-25)36-15-22(14-35)31(26)37-24-7-8-29(27(33)12-24)39-16-20-5-4-6-23(34)10-20/h4-8,10-13,15,25H,9,16-18H2,1-3H3,(H,36,37)/t25-/m0/s1. The van der Waals surface area contributed by atoms with E-state index in [0.29, 0.717) is 62.1 Å². The molecule has 1 aliphatic rings. The van der Waals surface area contributed by atoms with Gasteiger partial charge in [-0.15, -0.1) is 0 Å². The molecule has 1 atom stereocenters. The Morgan fingerprint density at radius 3 is 2.71 bits per heavy atom. The number of hydrogen-bond donors (Lipinski definition) is 1. The Kier molecular flexibility index (Phi) is 8.59. The van der Waals surface area contributed by atoms with Gasteiger partial charge in [-0.3, -0.25) is 9.78 Å². The minimum atomic E-state index is -0.677. The van der Waals surface area contributed by atoms with Crippen LogP contribution >= 0.6 is 11.6 Å². The number of halogens is 2. The lowest BCUT2D eigenvalue weighted by molar-refractivity contribution is -0.141. The second kappa shape index (κ2) is 12.3. The average Bonchev–Trinajstić information content (AvgIpc) is 3.30. The van der Waals surface area contributed by atoms with Crippen molar-refractivity contribution < 1.29 is 28.1 Å². The van der Waals surface area contributed by atoms with Gasteiger partial charge in [0.05, 0.1) is 28.4 Å². The van der Waals surface area contributed by atoms with E-state index in [1.165, 1.54) is 25.3 Å². The highest BCUT2D eigenvalue weighted by atomic mass is 35.5. The van der Waals surface area contributed by atoms with Gasteiger partial charge in [-0.05, 0) is 62.7 Å². The number of ether oxygens (including phenoxy) is 4. The molecule has 1 saturated heterocycles. The van der Waals surface area contributed by atoms with E-state index in [-0.39, 0.29) is 37.3 Å². The van der Waals surface area contributed by atoms with Gasteiger partial charge in [0.15, 0.2) is 5.79 Å². The summed E-state index contributed by atoms with van der Waals surface area (Å²) in [6, 6.07) is 17.0. The summed E-state index contributed by atoms with van der Waals surface area (Å²) < 4.78 is 36.8. The highest BCUT2D eigenvalue weighted by Gasteiger charge is 2.33. The molecule has 2 heterocycles. The Bertz CT molecular complexity index is 1690. The zero-order valence-electron chi connectivity index (χ0n) is 23.4. The molecule has 4 aromatic rings. The van der Waals surface area contributed by atoms with Crippen LogP contribution in [-0.2, 0) is 27.3 Å². The smallest absolute Gasteiger partial charge is 0.163 e. The third-order valence-corrected chi connectivity index (χ3v) is 6.88. The lowest BCUT2D eigenvalue weighted by atomic mass is 10.0. The number of fused-ring (bicyclic) bond motifs is 1. The van der Waals surface area contributed by atoms with Crippen molar-refractivity contribution in [2.24, 2.45) is 0 Å². The van der Waals surface area contributed by atoms with E-state index in [1.54, 1.807) is 36.4 Å². The third-order valence-electron chi connectivity index (χ3n) is 6.59. The number of Topliss-reactive ketones (excluding diaryl/α,β-unsaturated/α-hetero) is 1. The summed E-state index contributed by atoms with van der Waals surface area (Å²) in [7, 11) is 0. The van der Waals surface area contributed by atoms with E-state index in [4.69, 9.17) is 30.5 Å². The predicted octanol–water partition coefficient (Wildman–Crippen LogP) is 6.88. The minimum absolute atomic E-state index is 0.0414. The first-order valence-electron chi connectivity index (χ1n) is 13.3. The number of carbonyl (C=O) groups excluding carboxylic acids is 1. The Labute approximate surface area is 247 Å². The molecule has 0 bridgehead atoms. The number of anilines is 2. The van der Waals surface area contributed by atoms with Crippen molar-refractivity contribution in [3.63, 3.8) is 0 Å². The van der Waals surface area contributed by atoms with Crippen LogP contribution in [0.4, 0.5) is 15.8 Å². The predicted molar refractivity (Wildman–Crippen MR) is 157 cm³/mol. The number of pyridine rings is 1.